The van der Waals surface area contributed by atoms with E-state index in [1.54, 1.807) is 0 Å². The van der Waals surface area contributed by atoms with E-state index in [9.17, 15) is 19.2 Å². The summed E-state index contributed by atoms with van der Waals surface area (Å²) in [7, 11) is -4.19. The summed E-state index contributed by atoms with van der Waals surface area (Å²) in [5.74, 6) is 0. The lowest BCUT2D eigenvalue weighted by molar-refractivity contribution is 0.562. The second kappa shape index (κ2) is 6.02. The summed E-state index contributed by atoms with van der Waals surface area (Å²) in [6.45, 7) is 3.87. The number of carbonyl (C=O) groups excluding carboxylic acids is 4. The van der Waals surface area contributed by atoms with E-state index in [2.05, 4.69) is 0 Å². The monoisotopic (exact) mass is 292 g/mol. The van der Waals surface area contributed by atoms with E-state index in [0.717, 1.165) is 35.3 Å². The number of carbonyl (C=O) groups is 4. The third-order valence-corrected chi connectivity index (χ3v) is 13.5. The minimum Gasteiger partial charge on any atom is -0.292 e. The fourth-order valence-corrected chi connectivity index (χ4v) is 13.5. The van der Waals surface area contributed by atoms with Crippen LogP contribution in [0, 0.1) is 0 Å². The van der Waals surface area contributed by atoms with Gasteiger partial charge in [-0.3, -0.25) is 19.2 Å². The molecule has 18 heavy (non-hydrogen) atoms. The molecule has 0 bridgehead atoms. The average molecular weight is 292 g/mol. The summed E-state index contributed by atoms with van der Waals surface area (Å²) in [5, 5.41) is 0. The molecule has 0 aliphatic carbocycles. The number of hydrogen-bond donors (Lipinski definition) is 0. The van der Waals surface area contributed by atoms with Crippen LogP contribution in [0.3, 0.4) is 0 Å². The Balaban J connectivity index is 3.24. The normalized spacial score (nSPS) is 31.4. The van der Waals surface area contributed by atoms with E-state index in [-0.39, 0.29) is 9.16 Å². The minimum atomic E-state index is -2.10. The summed E-state index contributed by atoms with van der Waals surface area (Å²) >= 11 is 0. The average Bonchev–Trinajstić information content (AvgIpc) is 2.41. The Morgan fingerprint density at radius 3 is 1.17 bits per heavy atom. The molecule has 0 radical (unpaired) electrons. The summed E-state index contributed by atoms with van der Waals surface area (Å²) in [6, 6.07) is 0. The highest BCUT2D eigenvalue weighted by atomic mass is 32.4. The molecule has 4 nitrogen and oxygen atoms in total. The maximum Gasteiger partial charge on any atom is 0.167 e. The van der Waals surface area contributed by atoms with Crippen LogP contribution in [0.1, 0.15) is 39.5 Å². The molecule has 0 aromatic carbocycles. The first-order valence-corrected chi connectivity index (χ1v) is 9.83. The predicted molar refractivity (Wildman–Crippen MR) is 79.6 cm³/mol. The molecule has 0 unspecified atom stereocenters. The highest BCUT2D eigenvalue weighted by Gasteiger charge is 2.64. The van der Waals surface area contributed by atoms with Crippen molar-refractivity contribution in [2.75, 3.05) is 0 Å². The van der Waals surface area contributed by atoms with E-state index in [1.165, 1.54) is 0 Å². The van der Waals surface area contributed by atoms with Gasteiger partial charge in [-0.05, 0) is 12.8 Å². The van der Waals surface area contributed by atoms with Gasteiger partial charge in [-0.15, -0.1) is 20.1 Å². The second-order valence-electron chi connectivity index (χ2n) is 4.45. The van der Waals surface area contributed by atoms with Crippen LogP contribution in [0.4, 0.5) is 0 Å². The molecule has 104 valence electrons. The van der Waals surface area contributed by atoms with Crippen LogP contribution in [0.2, 0.25) is 0 Å². The molecule has 6 heteroatoms. The summed E-state index contributed by atoms with van der Waals surface area (Å²) in [5.41, 5.74) is 3.00. The van der Waals surface area contributed by atoms with Crippen molar-refractivity contribution in [1.82, 2.24) is 0 Å². The van der Waals surface area contributed by atoms with Crippen LogP contribution in [0.5, 0.6) is 0 Å². The van der Waals surface area contributed by atoms with Gasteiger partial charge in [-0.25, -0.2) is 0 Å². The van der Waals surface area contributed by atoms with Crippen LogP contribution in [-0.2, 0) is 19.2 Å². The second-order valence-corrected chi connectivity index (χ2v) is 11.4. The van der Waals surface area contributed by atoms with Crippen molar-refractivity contribution in [3.63, 3.8) is 0 Å². The van der Waals surface area contributed by atoms with Crippen LogP contribution >= 0.6 is 20.1 Å². The van der Waals surface area contributed by atoms with Crippen LogP contribution in [-0.4, -0.2) is 31.6 Å². The smallest absolute Gasteiger partial charge is 0.167 e. The van der Waals surface area contributed by atoms with Gasteiger partial charge < -0.3 is 0 Å². The zero-order valence-corrected chi connectivity index (χ0v) is 12.4. The fraction of sp³-hybridized carbons (Fsp3) is 0.667. The lowest BCUT2D eigenvalue weighted by Gasteiger charge is -2.65. The highest BCUT2D eigenvalue weighted by molar-refractivity contribution is 8.81. The Morgan fingerprint density at radius 2 is 1.00 bits per heavy atom. The molecular weight excluding hydrogens is 272 g/mol. The van der Waals surface area contributed by atoms with Gasteiger partial charge >= 0.3 is 0 Å². The summed E-state index contributed by atoms with van der Waals surface area (Å²) < 4.78 is -0.618. The SMILES string of the molecule is CCCC1S(C=O)(C=O)C(CCC)S1(C=O)C=O. The van der Waals surface area contributed by atoms with Gasteiger partial charge in [-0.1, -0.05) is 26.7 Å². The zero-order chi connectivity index (χ0) is 13.8. The predicted octanol–water partition coefficient (Wildman–Crippen LogP) is 2.62. The first-order chi connectivity index (χ1) is 8.63. The molecular formula is C12H20O4S2. The van der Waals surface area contributed by atoms with Gasteiger partial charge in [0.1, 0.15) is 0 Å². The minimum absolute atomic E-state index is 0.309. The van der Waals surface area contributed by atoms with Crippen molar-refractivity contribution in [2.24, 2.45) is 0 Å². The molecule has 0 atom stereocenters. The van der Waals surface area contributed by atoms with Crippen molar-refractivity contribution in [3.8, 4) is 0 Å². The molecule has 0 aromatic heterocycles. The van der Waals surface area contributed by atoms with E-state index < -0.39 is 20.1 Å². The van der Waals surface area contributed by atoms with Crippen LogP contribution < -0.4 is 0 Å². The molecule has 0 aromatic rings. The van der Waals surface area contributed by atoms with Crippen molar-refractivity contribution in [3.05, 3.63) is 0 Å². The fourth-order valence-electron chi connectivity index (χ4n) is 2.69. The maximum atomic E-state index is 11.4. The van der Waals surface area contributed by atoms with Gasteiger partial charge in [0.05, 0.1) is 0 Å². The van der Waals surface area contributed by atoms with E-state index >= 15 is 0 Å². The van der Waals surface area contributed by atoms with Crippen molar-refractivity contribution < 1.29 is 19.2 Å². The Kier molecular flexibility index (Phi) is 5.16. The highest BCUT2D eigenvalue weighted by Crippen LogP contribution is 2.86. The van der Waals surface area contributed by atoms with Gasteiger partial charge in [0.15, 0.2) is 22.5 Å². The van der Waals surface area contributed by atoms with Crippen LogP contribution in [0.25, 0.3) is 0 Å². The molecule has 0 N–H and O–H groups in total. The number of rotatable bonds is 8. The third-order valence-electron chi connectivity index (χ3n) is 3.54. The molecule has 0 spiro atoms. The maximum absolute atomic E-state index is 11.4. The van der Waals surface area contributed by atoms with Crippen molar-refractivity contribution in [1.29, 1.82) is 0 Å². The lowest BCUT2D eigenvalue weighted by atomic mass is 10.4. The van der Waals surface area contributed by atoms with Crippen molar-refractivity contribution >= 4 is 42.5 Å². The van der Waals surface area contributed by atoms with E-state index in [0.29, 0.717) is 12.8 Å². The van der Waals surface area contributed by atoms with Crippen LogP contribution in [0.15, 0.2) is 0 Å². The van der Waals surface area contributed by atoms with Gasteiger partial charge in [-0.2, -0.15) is 0 Å². The van der Waals surface area contributed by atoms with Gasteiger partial charge in [0.25, 0.3) is 0 Å². The Hall–Kier alpha value is -0.620. The molecule has 1 aliphatic rings. The molecule has 1 rings (SSSR count). The molecule has 0 amide bonds. The molecule has 1 heterocycles. The number of hydrogen-bond acceptors (Lipinski definition) is 4. The molecule has 1 saturated heterocycles. The standard InChI is InChI=1S/C12H20O4S2/c1-3-5-11-17(7-13,8-14)12(6-4-2)18(11,9-15)10-16/h7-12H,3-6H2,1-2H3. The summed E-state index contributed by atoms with van der Waals surface area (Å²) in [4.78, 5) is 45.7. The Labute approximate surface area is 111 Å². The topological polar surface area (TPSA) is 68.3 Å². The molecule has 0 saturated carbocycles. The Morgan fingerprint density at radius 1 is 0.722 bits per heavy atom. The molecule has 1 fully saturated rings. The summed E-state index contributed by atoms with van der Waals surface area (Å²) in [6.07, 6.45) is 2.77. The van der Waals surface area contributed by atoms with Gasteiger partial charge in [0.2, 0.25) is 0 Å². The quantitative estimate of drug-likeness (QED) is 0.645. The third kappa shape index (κ3) is 1.86. The van der Waals surface area contributed by atoms with E-state index in [4.69, 9.17) is 0 Å². The first-order valence-electron chi connectivity index (χ1n) is 6.06. The first kappa shape index (κ1) is 15.4. The van der Waals surface area contributed by atoms with E-state index in [1.807, 2.05) is 13.8 Å². The zero-order valence-electron chi connectivity index (χ0n) is 10.7. The van der Waals surface area contributed by atoms with Gasteiger partial charge in [0, 0.05) is 9.16 Å². The lowest BCUT2D eigenvalue weighted by Crippen LogP contribution is -2.50. The largest absolute Gasteiger partial charge is 0.292 e. The Bertz CT molecular complexity index is 294. The van der Waals surface area contributed by atoms with Crippen molar-refractivity contribution in [2.45, 2.75) is 48.7 Å². The molecule has 1 aliphatic heterocycles.